The van der Waals surface area contributed by atoms with Gasteiger partial charge in [0.1, 0.15) is 5.75 Å². The molecule has 0 saturated heterocycles. The molecule has 0 aromatic heterocycles. The standard InChI is InChI=1S/C39H48O3/c1-4-5-6-7-10-13-33-14-16-34(17-15-33)18-19-35-20-22-36(23-21-35)24-25-37-26-28-38(29-27-37)41-30-11-8-9-12-31-42-39(40)32(2)3/h14-29H,2,4-13,30-31H2,1,3H3. The Morgan fingerprint density at radius 3 is 1.60 bits per heavy atom. The predicted molar refractivity (Wildman–Crippen MR) is 179 cm³/mol. The summed E-state index contributed by atoms with van der Waals surface area (Å²) in [6, 6.07) is 25.8. The van der Waals surface area contributed by atoms with Crippen LogP contribution in [-0.4, -0.2) is 19.2 Å². The highest BCUT2D eigenvalue weighted by Crippen LogP contribution is 2.17. The van der Waals surface area contributed by atoms with Crippen molar-refractivity contribution in [3.63, 3.8) is 0 Å². The molecule has 0 unspecified atom stereocenters. The van der Waals surface area contributed by atoms with Crippen molar-refractivity contribution in [1.29, 1.82) is 0 Å². The Bertz CT molecular complexity index is 1250. The van der Waals surface area contributed by atoms with Crippen molar-refractivity contribution in [3.05, 3.63) is 113 Å². The second kappa shape index (κ2) is 19.3. The third kappa shape index (κ3) is 13.2. The monoisotopic (exact) mass is 564 g/mol. The lowest BCUT2D eigenvalue weighted by Gasteiger charge is -2.07. The summed E-state index contributed by atoms with van der Waals surface area (Å²) >= 11 is 0. The van der Waals surface area contributed by atoms with E-state index in [-0.39, 0.29) is 5.97 Å². The number of carbonyl (C=O) groups is 1. The molecule has 0 N–H and O–H groups in total. The fourth-order valence-electron chi connectivity index (χ4n) is 4.54. The van der Waals surface area contributed by atoms with E-state index < -0.39 is 0 Å². The minimum Gasteiger partial charge on any atom is -0.494 e. The first-order chi connectivity index (χ1) is 20.5. The molecule has 0 aliphatic heterocycles. The van der Waals surface area contributed by atoms with Crippen LogP contribution in [-0.2, 0) is 16.0 Å². The summed E-state index contributed by atoms with van der Waals surface area (Å²) in [5.74, 6) is 0.578. The summed E-state index contributed by atoms with van der Waals surface area (Å²) in [5.41, 5.74) is 6.62. The summed E-state index contributed by atoms with van der Waals surface area (Å²) in [7, 11) is 0. The molecule has 3 aromatic rings. The molecule has 3 nitrogen and oxygen atoms in total. The zero-order valence-electron chi connectivity index (χ0n) is 25.7. The number of aryl methyl sites for hydroxylation is 1. The summed E-state index contributed by atoms with van der Waals surface area (Å²) in [5, 5.41) is 0. The molecule has 0 heterocycles. The molecular formula is C39H48O3. The van der Waals surface area contributed by atoms with Gasteiger partial charge in [-0.1, -0.05) is 124 Å². The third-order valence-corrected chi connectivity index (χ3v) is 7.19. The van der Waals surface area contributed by atoms with Crippen molar-refractivity contribution in [2.45, 2.75) is 78.1 Å². The van der Waals surface area contributed by atoms with E-state index in [9.17, 15) is 4.79 Å². The largest absolute Gasteiger partial charge is 0.494 e. The lowest BCUT2D eigenvalue weighted by atomic mass is 10.0. The maximum absolute atomic E-state index is 11.3. The number of benzene rings is 3. The molecule has 0 saturated carbocycles. The number of rotatable bonds is 19. The van der Waals surface area contributed by atoms with Gasteiger partial charge in [-0.05, 0) is 85.4 Å². The summed E-state index contributed by atoms with van der Waals surface area (Å²) in [6.45, 7) is 8.65. The molecule has 0 fully saturated rings. The molecule has 0 bridgehead atoms. The van der Waals surface area contributed by atoms with Crippen LogP contribution in [0.2, 0.25) is 0 Å². The fourth-order valence-corrected chi connectivity index (χ4v) is 4.54. The van der Waals surface area contributed by atoms with Crippen LogP contribution in [0.25, 0.3) is 24.3 Å². The summed E-state index contributed by atoms with van der Waals surface area (Å²) in [6.07, 6.45) is 20.4. The quantitative estimate of drug-likeness (QED) is 0.0629. The summed E-state index contributed by atoms with van der Waals surface area (Å²) < 4.78 is 11.0. The Morgan fingerprint density at radius 1 is 0.619 bits per heavy atom. The van der Waals surface area contributed by atoms with Gasteiger partial charge in [-0.2, -0.15) is 0 Å². The van der Waals surface area contributed by atoms with Crippen LogP contribution < -0.4 is 4.74 Å². The maximum atomic E-state index is 11.3. The number of hydrogen-bond acceptors (Lipinski definition) is 3. The number of esters is 1. The van der Waals surface area contributed by atoms with Crippen molar-refractivity contribution in [2.24, 2.45) is 0 Å². The van der Waals surface area contributed by atoms with E-state index in [1.165, 1.54) is 60.8 Å². The molecule has 42 heavy (non-hydrogen) atoms. The molecule has 0 atom stereocenters. The zero-order valence-corrected chi connectivity index (χ0v) is 25.7. The van der Waals surface area contributed by atoms with Gasteiger partial charge in [-0.3, -0.25) is 0 Å². The molecule has 3 aromatic carbocycles. The number of hydrogen-bond donors (Lipinski definition) is 0. The molecule has 0 amide bonds. The van der Waals surface area contributed by atoms with Crippen LogP contribution in [0.5, 0.6) is 5.75 Å². The smallest absolute Gasteiger partial charge is 0.333 e. The highest BCUT2D eigenvalue weighted by atomic mass is 16.5. The highest BCUT2D eigenvalue weighted by molar-refractivity contribution is 5.86. The van der Waals surface area contributed by atoms with E-state index in [4.69, 9.17) is 9.47 Å². The van der Waals surface area contributed by atoms with Gasteiger partial charge in [0.15, 0.2) is 0 Å². The van der Waals surface area contributed by atoms with Crippen LogP contribution in [0.1, 0.15) is 99.5 Å². The van der Waals surface area contributed by atoms with Crippen molar-refractivity contribution in [1.82, 2.24) is 0 Å². The SMILES string of the molecule is C=C(C)C(=O)OCCCCCCOc1ccc(C=Cc2ccc(C=Cc3ccc(CCCCCCC)cc3)cc2)cc1. The first-order valence-corrected chi connectivity index (χ1v) is 15.6. The topological polar surface area (TPSA) is 35.5 Å². The van der Waals surface area contributed by atoms with E-state index in [1.54, 1.807) is 6.92 Å². The molecule has 222 valence electrons. The van der Waals surface area contributed by atoms with E-state index in [2.05, 4.69) is 98.5 Å². The van der Waals surface area contributed by atoms with Gasteiger partial charge in [0.05, 0.1) is 13.2 Å². The van der Waals surface area contributed by atoms with E-state index in [0.29, 0.717) is 18.8 Å². The molecular weight excluding hydrogens is 516 g/mol. The highest BCUT2D eigenvalue weighted by Gasteiger charge is 2.02. The second-order valence-electron chi connectivity index (χ2n) is 11.0. The van der Waals surface area contributed by atoms with Crippen LogP contribution >= 0.6 is 0 Å². The Labute approximate surface area is 254 Å². The first-order valence-electron chi connectivity index (χ1n) is 15.6. The predicted octanol–water partition coefficient (Wildman–Crippen LogP) is 10.6. The Morgan fingerprint density at radius 2 is 1.07 bits per heavy atom. The Hall–Kier alpha value is -3.85. The Balaban J connectivity index is 1.34. The lowest BCUT2D eigenvalue weighted by molar-refractivity contribution is -0.139. The van der Waals surface area contributed by atoms with Crippen molar-refractivity contribution >= 4 is 30.3 Å². The second-order valence-corrected chi connectivity index (χ2v) is 11.0. The van der Waals surface area contributed by atoms with Crippen molar-refractivity contribution in [2.75, 3.05) is 13.2 Å². The lowest BCUT2D eigenvalue weighted by Crippen LogP contribution is -2.06. The minimum atomic E-state index is -0.307. The summed E-state index contributed by atoms with van der Waals surface area (Å²) in [4.78, 5) is 11.3. The van der Waals surface area contributed by atoms with Crippen LogP contribution in [0.3, 0.4) is 0 Å². The van der Waals surface area contributed by atoms with Gasteiger partial charge < -0.3 is 9.47 Å². The maximum Gasteiger partial charge on any atom is 0.333 e. The Kier molecular flexibility index (Phi) is 15.0. The van der Waals surface area contributed by atoms with Gasteiger partial charge >= 0.3 is 5.97 Å². The van der Waals surface area contributed by atoms with Gasteiger partial charge in [0.2, 0.25) is 0 Å². The zero-order chi connectivity index (χ0) is 29.8. The normalized spacial score (nSPS) is 11.3. The number of unbranched alkanes of at least 4 members (excludes halogenated alkanes) is 7. The van der Waals surface area contributed by atoms with Crippen LogP contribution in [0.4, 0.5) is 0 Å². The molecule has 0 radical (unpaired) electrons. The van der Waals surface area contributed by atoms with Gasteiger partial charge in [0, 0.05) is 5.57 Å². The number of ether oxygens (including phenoxy) is 2. The third-order valence-electron chi connectivity index (χ3n) is 7.19. The first kappa shape index (κ1) is 32.7. The van der Waals surface area contributed by atoms with Crippen molar-refractivity contribution in [3.8, 4) is 5.75 Å². The molecule has 0 spiro atoms. The molecule has 3 rings (SSSR count). The molecule has 0 aliphatic carbocycles. The molecule has 3 heteroatoms. The minimum absolute atomic E-state index is 0.307. The average molecular weight is 565 g/mol. The van der Waals surface area contributed by atoms with Gasteiger partial charge in [-0.15, -0.1) is 0 Å². The van der Waals surface area contributed by atoms with Gasteiger partial charge in [-0.25, -0.2) is 4.79 Å². The van der Waals surface area contributed by atoms with E-state index in [1.807, 2.05) is 12.1 Å². The average Bonchev–Trinajstić information content (AvgIpc) is 3.01. The van der Waals surface area contributed by atoms with Crippen LogP contribution in [0, 0.1) is 0 Å². The van der Waals surface area contributed by atoms with Gasteiger partial charge in [0.25, 0.3) is 0 Å². The van der Waals surface area contributed by atoms with E-state index in [0.717, 1.165) is 37.0 Å². The van der Waals surface area contributed by atoms with Crippen molar-refractivity contribution < 1.29 is 14.3 Å². The van der Waals surface area contributed by atoms with E-state index >= 15 is 0 Å². The number of carbonyl (C=O) groups excluding carboxylic acids is 1. The fraction of sp³-hybridized carbons (Fsp3) is 0.359. The molecule has 0 aliphatic rings. The van der Waals surface area contributed by atoms with Crippen LogP contribution in [0.15, 0.2) is 84.9 Å².